The van der Waals surface area contributed by atoms with Crippen molar-refractivity contribution in [3.05, 3.63) is 47.2 Å². The van der Waals surface area contributed by atoms with Crippen LogP contribution in [0.4, 0.5) is 6.01 Å². The summed E-state index contributed by atoms with van der Waals surface area (Å²) in [6.45, 7) is 3.37. The molecule has 0 saturated heterocycles. The summed E-state index contributed by atoms with van der Waals surface area (Å²) in [5.74, 6) is -0.243. The van der Waals surface area contributed by atoms with Crippen LogP contribution in [0.1, 0.15) is 33.3 Å². The molecule has 1 amide bonds. The largest absolute Gasteiger partial charge is 0.401 e. The number of aryl methyl sites for hydroxylation is 2. The zero-order valence-electron chi connectivity index (χ0n) is 13.4. The van der Waals surface area contributed by atoms with E-state index in [1.165, 1.54) is 6.92 Å². The molecule has 2 heterocycles. The molecule has 0 atom stereocenters. The zero-order valence-corrected chi connectivity index (χ0v) is 13.4. The molecule has 3 rings (SSSR count). The van der Waals surface area contributed by atoms with Gasteiger partial charge >= 0.3 is 6.01 Å². The van der Waals surface area contributed by atoms with E-state index in [1.807, 2.05) is 14.0 Å². The number of anilines is 1. The molecule has 8 heteroatoms. The Morgan fingerprint density at radius 2 is 1.79 bits per heavy atom. The van der Waals surface area contributed by atoms with Crippen molar-refractivity contribution in [1.29, 1.82) is 0 Å². The van der Waals surface area contributed by atoms with Crippen LogP contribution in [0.3, 0.4) is 0 Å². The van der Waals surface area contributed by atoms with Crippen molar-refractivity contribution in [3.63, 3.8) is 0 Å². The molecule has 0 fully saturated rings. The predicted molar refractivity (Wildman–Crippen MR) is 85.6 cm³/mol. The van der Waals surface area contributed by atoms with E-state index < -0.39 is 5.91 Å². The van der Waals surface area contributed by atoms with Crippen molar-refractivity contribution >= 4 is 17.7 Å². The molecule has 0 aliphatic rings. The first-order valence-corrected chi connectivity index (χ1v) is 7.21. The fraction of sp³-hybridized carbons (Fsp3) is 0.188. The van der Waals surface area contributed by atoms with Gasteiger partial charge in [0.25, 0.3) is 11.8 Å². The summed E-state index contributed by atoms with van der Waals surface area (Å²) in [5.41, 5.74) is 2.40. The number of carbonyl (C=O) groups excluding carboxylic acids is 2. The van der Waals surface area contributed by atoms with Crippen LogP contribution in [0.15, 0.2) is 34.7 Å². The highest BCUT2D eigenvalue weighted by Crippen LogP contribution is 2.19. The zero-order chi connectivity index (χ0) is 17.3. The van der Waals surface area contributed by atoms with Crippen LogP contribution in [0.25, 0.3) is 11.6 Å². The minimum atomic E-state index is -0.405. The third-order valence-electron chi connectivity index (χ3n) is 3.53. The highest BCUT2D eigenvalue weighted by Gasteiger charge is 2.15. The van der Waals surface area contributed by atoms with Gasteiger partial charge in [0.1, 0.15) is 5.69 Å². The van der Waals surface area contributed by atoms with Gasteiger partial charge in [-0.25, -0.2) is 0 Å². The highest BCUT2D eigenvalue weighted by molar-refractivity contribution is 6.04. The van der Waals surface area contributed by atoms with Crippen molar-refractivity contribution in [1.82, 2.24) is 20.0 Å². The van der Waals surface area contributed by atoms with Gasteiger partial charge in [-0.3, -0.25) is 19.6 Å². The van der Waals surface area contributed by atoms with E-state index in [2.05, 4.69) is 20.6 Å². The van der Waals surface area contributed by atoms with Crippen molar-refractivity contribution in [2.75, 3.05) is 5.32 Å². The summed E-state index contributed by atoms with van der Waals surface area (Å²) < 4.78 is 7.10. The summed E-state index contributed by atoms with van der Waals surface area (Å²) in [4.78, 5) is 23.4. The molecule has 0 bridgehead atoms. The predicted octanol–water partition coefficient (Wildman–Crippen LogP) is 2.23. The van der Waals surface area contributed by atoms with Gasteiger partial charge in [0.05, 0.1) is 0 Å². The summed E-state index contributed by atoms with van der Waals surface area (Å²) in [7, 11) is 1.81. The number of rotatable bonds is 4. The summed E-state index contributed by atoms with van der Waals surface area (Å²) in [5, 5.41) is 14.4. The van der Waals surface area contributed by atoms with Crippen LogP contribution >= 0.6 is 0 Å². The molecular formula is C16H15N5O3. The standard InChI is InChI=1S/C16H15N5O3/c1-9-8-13(20-21(9)3)15-18-19-16(24-15)17-14(23)12-6-4-11(5-7-12)10(2)22/h4-8H,1-3H3,(H,17,19,23). The topological polar surface area (TPSA) is 103 Å². The lowest BCUT2D eigenvalue weighted by atomic mass is 10.1. The Labute approximate surface area is 137 Å². The fourth-order valence-corrected chi connectivity index (χ4v) is 2.07. The molecule has 0 saturated carbocycles. The Morgan fingerprint density at radius 3 is 2.38 bits per heavy atom. The fourth-order valence-electron chi connectivity index (χ4n) is 2.07. The Bertz CT molecular complexity index is 889. The Balaban J connectivity index is 1.74. The molecule has 0 aliphatic carbocycles. The first-order valence-electron chi connectivity index (χ1n) is 7.21. The quantitative estimate of drug-likeness (QED) is 0.738. The number of hydrogen-bond acceptors (Lipinski definition) is 6. The number of nitrogens with zero attached hydrogens (tertiary/aromatic N) is 4. The molecule has 24 heavy (non-hydrogen) atoms. The summed E-state index contributed by atoms with van der Waals surface area (Å²) in [6.07, 6.45) is 0. The number of carbonyl (C=O) groups is 2. The molecule has 0 radical (unpaired) electrons. The second-order valence-corrected chi connectivity index (χ2v) is 5.29. The second-order valence-electron chi connectivity index (χ2n) is 5.29. The summed E-state index contributed by atoms with van der Waals surface area (Å²) >= 11 is 0. The van der Waals surface area contributed by atoms with Gasteiger partial charge in [-0.1, -0.05) is 17.2 Å². The Kier molecular flexibility index (Phi) is 3.95. The number of benzene rings is 1. The van der Waals surface area contributed by atoms with Gasteiger partial charge in [0, 0.05) is 23.9 Å². The van der Waals surface area contributed by atoms with Crippen LogP contribution in [0.5, 0.6) is 0 Å². The van der Waals surface area contributed by atoms with E-state index in [-0.39, 0.29) is 17.7 Å². The number of nitrogens with one attached hydrogen (secondary N) is 1. The number of hydrogen-bond donors (Lipinski definition) is 1. The average Bonchev–Trinajstić information content (AvgIpc) is 3.14. The number of amides is 1. The lowest BCUT2D eigenvalue weighted by molar-refractivity contribution is 0.100. The molecular weight excluding hydrogens is 310 g/mol. The maximum Gasteiger partial charge on any atom is 0.322 e. The van der Waals surface area contributed by atoms with Crippen LogP contribution in [0, 0.1) is 6.92 Å². The minimum absolute atomic E-state index is 0.0195. The van der Waals surface area contributed by atoms with E-state index in [4.69, 9.17) is 4.42 Å². The maximum absolute atomic E-state index is 12.2. The van der Waals surface area contributed by atoms with Crippen molar-refractivity contribution < 1.29 is 14.0 Å². The number of aromatic nitrogens is 4. The molecule has 0 aliphatic heterocycles. The maximum atomic E-state index is 12.2. The van der Waals surface area contributed by atoms with Crippen LogP contribution in [-0.2, 0) is 7.05 Å². The van der Waals surface area contributed by atoms with E-state index in [0.29, 0.717) is 16.8 Å². The lowest BCUT2D eigenvalue weighted by Gasteiger charge is -2.01. The first-order chi connectivity index (χ1) is 11.4. The van der Waals surface area contributed by atoms with E-state index >= 15 is 0 Å². The molecule has 2 aromatic heterocycles. The van der Waals surface area contributed by atoms with Crippen LogP contribution < -0.4 is 5.32 Å². The molecule has 3 aromatic rings. The van der Waals surface area contributed by atoms with E-state index in [1.54, 1.807) is 35.0 Å². The van der Waals surface area contributed by atoms with Gasteiger partial charge in [-0.05, 0) is 32.0 Å². The van der Waals surface area contributed by atoms with E-state index in [9.17, 15) is 9.59 Å². The first kappa shape index (κ1) is 15.6. The molecule has 0 unspecified atom stereocenters. The SMILES string of the molecule is CC(=O)c1ccc(C(=O)Nc2nnc(-c3cc(C)n(C)n3)o2)cc1. The molecule has 1 aromatic carbocycles. The number of ketones is 1. The van der Waals surface area contributed by atoms with Crippen molar-refractivity contribution in [2.24, 2.45) is 7.05 Å². The molecule has 122 valence electrons. The van der Waals surface area contributed by atoms with Crippen molar-refractivity contribution in [2.45, 2.75) is 13.8 Å². The highest BCUT2D eigenvalue weighted by atomic mass is 16.4. The smallest absolute Gasteiger partial charge is 0.322 e. The third-order valence-corrected chi connectivity index (χ3v) is 3.53. The number of Topliss-reactive ketones (excluding diaryl/α,β-unsaturated/α-hetero) is 1. The van der Waals surface area contributed by atoms with Crippen molar-refractivity contribution in [3.8, 4) is 11.6 Å². The molecule has 1 N–H and O–H groups in total. The van der Waals surface area contributed by atoms with Gasteiger partial charge in [0.2, 0.25) is 0 Å². The van der Waals surface area contributed by atoms with Gasteiger partial charge in [-0.15, -0.1) is 5.10 Å². The normalized spacial score (nSPS) is 10.6. The lowest BCUT2D eigenvalue weighted by Crippen LogP contribution is -2.12. The monoisotopic (exact) mass is 325 g/mol. The van der Waals surface area contributed by atoms with Crippen LogP contribution in [-0.4, -0.2) is 31.7 Å². The minimum Gasteiger partial charge on any atom is -0.401 e. The van der Waals surface area contributed by atoms with Gasteiger partial charge in [0.15, 0.2) is 5.78 Å². The molecule has 8 nitrogen and oxygen atoms in total. The molecule has 0 spiro atoms. The Morgan fingerprint density at radius 1 is 1.12 bits per heavy atom. The van der Waals surface area contributed by atoms with Gasteiger partial charge in [-0.2, -0.15) is 5.10 Å². The Hall–Kier alpha value is -3.29. The summed E-state index contributed by atoms with van der Waals surface area (Å²) in [6, 6.07) is 8.09. The average molecular weight is 325 g/mol. The third kappa shape index (κ3) is 3.07. The van der Waals surface area contributed by atoms with Crippen LogP contribution in [0.2, 0.25) is 0 Å². The second kappa shape index (κ2) is 6.07. The van der Waals surface area contributed by atoms with Gasteiger partial charge < -0.3 is 4.42 Å². The van der Waals surface area contributed by atoms with E-state index in [0.717, 1.165) is 5.69 Å².